The van der Waals surface area contributed by atoms with Crippen molar-refractivity contribution in [2.75, 3.05) is 11.2 Å². The minimum atomic E-state index is -1.16. The Morgan fingerprint density at radius 3 is 2.07 bits per heavy atom. The lowest BCUT2D eigenvalue weighted by Gasteiger charge is -2.24. The molecule has 2 rings (SSSR count). The van der Waals surface area contributed by atoms with Crippen LogP contribution in [0.15, 0.2) is 60.7 Å². The van der Waals surface area contributed by atoms with Gasteiger partial charge in [0.05, 0.1) is 6.54 Å². The summed E-state index contributed by atoms with van der Waals surface area (Å²) in [5, 5.41) is 2.97. The summed E-state index contributed by atoms with van der Waals surface area (Å²) >= 11 is 1.91. The number of ketones is 1. The van der Waals surface area contributed by atoms with Crippen molar-refractivity contribution in [3.05, 3.63) is 71.8 Å². The summed E-state index contributed by atoms with van der Waals surface area (Å²) in [6.45, 7) is 3.66. The average Bonchev–Trinajstić information content (AvgIpc) is 2.73. The summed E-state index contributed by atoms with van der Waals surface area (Å²) < 4.78 is 10.7. The van der Waals surface area contributed by atoms with Gasteiger partial charge in [-0.15, -0.1) is 0 Å². The van der Waals surface area contributed by atoms with Crippen molar-refractivity contribution in [1.29, 1.82) is 0 Å². The van der Waals surface area contributed by atoms with Gasteiger partial charge >= 0.3 is 11.9 Å². The molecule has 29 heavy (non-hydrogen) atoms. The van der Waals surface area contributed by atoms with Crippen LogP contribution in [0.4, 0.5) is 0 Å². The first-order chi connectivity index (χ1) is 13.9. The van der Waals surface area contributed by atoms with Gasteiger partial charge in [-0.05, 0) is 28.5 Å². The number of Topliss-reactive ketones (excluding diaryl/α,β-unsaturated/α-hetero) is 1. The van der Waals surface area contributed by atoms with E-state index in [2.05, 4.69) is 5.32 Å². The van der Waals surface area contributed by atoms with E-state index in [4.69, 9.17) is 9.47 Å². The fourth-order valence-corrected chi connectivity index (χ4v) is 3.03. The Hall–Kier alpha value is -2.26. The lowest BCUT2D eigenvalue weighted by molar-refractivity contribution is -0.169. The number of hydrogen-bond donors (Lipinski definition) is 1. The molecule has 0 heterocycles. The number of benzene rings is 2. The number of esters is 2. The van der Waals surface area contributed by atoms with Gasteiger partial charge in [0.2, 0.25) is 6.10 Å². The molecular formula is C22H24INO5. The van der Waals surface area contributed by atoms with Crippen molar-refractivity contribution in [1.82, 2.24) is 5.32 Å². The standard InChI is InChI=1S/C22H24INO5/c1-15(2)19(24-13-18(25)16-9-5-3-6-10-16)21(26)29-20(22(27)28-14-23)17-11-7-4-8-12-17/h3-12,15,19-20,24H,13-14H2,1-2H3. The molecule has 0 radical (unpaired) electrons. The van der Waals surface area contributed by atoms with E-state index in [9.17, 15) is 14.4 Å². The maximum Gasteiger partial charge on any atom is 0.353 e. The van der Waals surface area contributed by atoms with Crippen LogP contribution in [0.3, 0.4) is 0 Å². The van der Waals surface area contributed by atoms with E-state index in [0.29, 0.717) is 11.1 Å². The predicted molar refractivity (Wildman–Crippen MR) is 118 cm³/mol. The number of halogens is 1. The molecule has 0 aromatic heterocycles. The molecule has 0 saturated carbocycles. The largest absolute Gasteiger partial charge is 0.452 e. The smallest absolute Gasteiger partial charge is 0.353 e. The van der Waals surface area contributed by atoms with Gasteiger partial charge in [-0.25, -0.2) is 4.79 Å². The molecule has 0 fully saturated rings. The predicted octanol–water partition coefficient (Wildman–Crippen LogP) is 3.70. The number of alkyl halides is 1. The van der Waals surface area contributed by atoms with Crippen LogP contribution in [0.2, 0.25) is 0 Å². The lowest BCUT2D eigenvalue weighted by Crippen LogP contribution is -2.45. The topological polar surface area (TPSA) is 81.7 Å². The molecular weight excluding hydrogens is 485 g/mol. The molecule has 6 nitrogen and oxygen atoms in total. The fraction of sp³-hybridized carbons (Fsp3) is 0.318. The van der Waals surface area contributed by atoms with Crippen LogP contribution in [0.1, 0.15) is 35.9 Å². The summed E-state index contributed by atoms with van der Waals surface area (Å²) in [6, 6.07) is 16.8. The van der Waals surface area contributed by atoms with E-state index in [1.165, 1.54) is 0 Å². The van der Waals surface area contributed by atoms with E-state index in [1.54, 1.807) is 54.6 Å². The number of carbonyl (C=O) groups is 3. The maximum absolute atomic E-state index is 12.8. The monoisotopic (exact) mass is 509 g/mol. The number of ether oxygens (including phenoxy) is 2. The van der Waals surface area contributed by atoms with Crippen molar-refractivity contribution in [3.8, 4) is 0 Å². The molecule has 1 N–H and O–H groups in total. The van der Waals surface area contributed by atoms with Crippen LogP contribution in [-0.4, -0.2) is 34.9 Å². The summed E-state index contributed by atoms with van der Waals surface area (Å²) in [4.78, 5) is 37.5. The molecule has 0 amide bonds. The van der Waals surface area contributed by atoms with E-state index >= 15 is 0 Å². The molecule has 0 aliphatic carbocycles. The molecule has 0 saturated heterocycles. The zero-order valence-corrected chi connectivity index (χ0v) is 18.5. The first kappa shape index (κ1) is 23.0. The molecule has 0 spiro atoms. The lowest BCUT2D eigenvalue weighted by atomic mass is 10.0. The molecule has 2 aromatic carbocycles. The van der Waals surface area contributed by atoms with E-state index in [-0.39, 0.29) is 22.9 Å². The first-order valence-electron chi connectivity index (χ1n) is 9.23. The highest BCUT2D eigenvalue weighted by Crippen LogP contribution is 2.21. The Morgan fingerprint density at radius 2 is 1.52 bits per heavy atom. The SMILES string of the molecule is CC(C)C(NCC(=O)c1ccccc1)C(=O)OC(C(=O)OCI)c1ccccc1. The van der Waals surface area contributed by atoms with Crippen molar-refractivity contribution in [2.24, 2.45) is 5.92 Å². The van der Waals surface area contributed by atoms with Crippen molar-refractivity contribution < 1.29 is 23.9 Å². The fourth-order valence-electron chi connectivity index (χ4n) is 2.72. The van der Waals surface area contributed by atoms with Gasteiger partial charge in [0.25, 0.3) is 0 Å². The molecule has 2 atom stereocenters. The molecule has 2 aromatic rings. The minimum absolute atomic E-state index is 0.0177. The van der Waals surface area contributed by atoms with Crippen LogP contribution in [0.25, 0.3) is 0 Å². The third-order valence-corrected chi connectivity index (χ3v) is 4.56. The van der Waals surface area contributed by atoms with Crippen LogP contribution in [0.5, 0.6) is 0 Å². The van der Waals surface area contributed by atoms with Gasteiger partial charge in [-0.2, -0.15) is 0 Å². The number of hydrogen-bond acceptors (Lipinski definition) is 6. The second-order valence-corrected chi connectivity index (χ2v) is 7.31. The van der Waals surface area contributed by atoms with E-state index in [1.807, 2.05) is 42.5 Å². The Labute approximate surface area is 184 Å². The number of nitrogens with one attached hydrogen (secondary N) is 1. The van der Waals surface area contributed by atoms with Crippen molar-refractivity contribution in [3.63, 3.8) is 0 Å². The molecule has 0 bridgehead atoms. The molecule has 154 valence electrons. The summed E-state index contributed by atoms with van der Waals surface area (Å²) in [5.74, 6) is -1.53. The maximum atomic E-state index is 12.8. The van der Waals surface area contributed by atoms with E-state index < -0.39 is 24.1 Å². The Bertz CT molecular complexity index is 810. The van der Waals surface area contributed by atoms with Gasteiger partial charge in [-0.1, -0.05) is 74.5 Å². The highest BCUT2D eigenvalue weighted by atomic mass is 127. The zero-order chi connectivity index (χ0) is 21.2. The normalized spacial score (nSPS) is 12.8. The summed E-state index contributed by atoms with van der Waals surface area (Å²) in [6.07, 6.45) is -1.16. The Balaban J connectivity index is 2.09. The summed E-state index contributed by atoms with van der Waals surface area (Å²) in [5.41, 5.74) is 1.09. The molecule has 7 heteroatoms. The van der Waals surface area contributed by atoms with Crippen LogP contribution in [0, 0.1) is 5.92 Å². The van der Waals surface area contributed by atoms with Gasteiger partial charge in [0.15, 0.2) is 5.78 Å². The van der Waals surface area contributed by atoms with Crippen LogP contribution >= 0.6 is 22.6 Å². The van der Waals surface area contributed by atoms with Gasteiger partial charge in [0.1, 0.15) is 10.7 Å². The third-order valence-electron chi connectivity index (χ3n) is 4.25. The van der Waals surface area contributed by atoms with Crippen molar-refractivity contribution in [2.45, 2.75) is 26.0 Å². The van der Waals surface area contributed by atoms with Gasteiger partial charge in [0, 0.05) is 11.1 Å². The van der Waals surface area contributed by atoms with Gasteiger partial charge in [-0.3, -0.25) is 14.9 Å². The Morgan fingerprint density at radius 1 is 0.931 bits per heavy atom. The quantitative estimate of drug-likeness (QED) is 0.228. The third kappa shape index (κ3) is 6.93. The highest BCUT2D eigenvalue weighted by molar-refractivity contribution is 14.1. The second kappa shape index (κ2) is 11.7. The zero-order valence-electron chi connectivity index (χ0n) is 16.3. The average molecular weight is 509 g/mol. The molecule has 0 aliphatic rings. The van der Waals surface area contributed by atoms with Crippen LogP contribution < -0.4 is 5.32 Å². The van der Waals surface area contributed by atoms with Crippen molar-refractivity contribution >= 4 is 40.3 Å². The Kier molecular flexibility index (Phi) is 9.27. The number of carbonyl (C=O) groups excluding carboxylic acids is 3. The molecule has 2 unspecified atom stereocenters. The van der Waals surface area contributed by atoms with Gasteiger partial charge < -0.3 is 9.47 Å². The van der Waals surface area contributed by atoms with Crippen LogP contribution in [-0.2, 0) is 19.1 Å². The summed E-state index contributed by atoms with van der Waals surface area (Å²) in [7, 11) is 0. The highest BCUT2D eigenvalue weighted by Gasteiger charge is 2.31. The number of rotatable bonds is 10. The second-order valence-electron chi connectivity index (χ2n) is 6.69. The minimum Gasteiger partial charge on any atom is -0.452 e. The van der Waals surface area contributed by atoms with E-state index in [0.717, 1.165) is 0 Å². The first-order valence-corrected chi connectivity index (χ1v) is 10.8. The molecule has 0 aliphatic heterocycles.